The van der Waals surface area contributed by atoms with Crippen molar-refractivity contribution in [3.8, 4) is 0 Å². The maximum absolute atomic E-state index is 11.5. The summed E-state index contributed by atoms with van der Waals surface area (Å²) in [7, 11) is 0. The van der Waals surface area contributed by atoms with Gasteiger partial charge in [-0.1, -0.05) is 30.3 Å². The molecule has 0 aromatic heterocycles. The minimum atomic E-state index is -0.0654. The molecule has 1 aliphatic rings. The summed E-state index contributed by atoms with van der Waals surface area (Å²) in [4.78, 5) is 11.5. The monoisotopic (exact) mass is 231 g/mol. The van der Waals surface area contributed by atoms with E-state index in [2.05, 4.69) is 5.32 Å². The molecule has 1 atom stereocenters. The first-order valence-electron chi connectivity index (χ1n) is 5.97. The first kappa shape index (κ1) is 11.9. The molecule has 1 fully saturated rings. The molecule has 3 heteroatoms. The SMILES string of the molecule is O=C(C=Cc1ccccc1)NCC1CCCO1. The number of hydrogen-bond donors (Lipinski definition) is 1. The van der Waals surface area contributed by atoms with Crippen LogP contribution in [0.4, 0.5) is 0 Å². The standard InChI is InChI=1S/C14H17NO2/c16-14(15-11-13-7-4-10-17-13)9-8-12-5-2-1-3-6-12/h1-3,5-6,8-9,13H,4,7,10-11H2,(H,15,16). The molecule has 0 saturated carbocycles. The second-order valence-electron chi connectivity index (χ2n) is 4.12. The molecule has 3 nitrogen and oxygen atoms in total. The predicted molar refractivity (Wildman–Crippen MR) is 67.5 cm³/mol. The van der Waals surface area contributed by atoms with Crippen LogP contribution in [0.15, 0.2) is 36.4 Å². The van der Waals surface area contributed by atoms with Gasteiger partial charge in [0.1, 0.15) is 0 Å². The maximum atomic E-state index is 11.5. The van der Waals surface area contributed by atoms with Crippen LogP contribution in [-0.2, 0) is 9.53 Å². The molecular formula is C14H17NO2. The van der Waals surface area contributed by atoms with Gasteiger partial charge in [0.2, 0.25) is 5.91 Å². The zero-order valence-electron chi connectivity index (χ0n) is 9.76. The molecule has 90 valence electrons. The average Bonchev–Trinajstić information content (AvgIpc) is 2.88. The molecule has 1 unspecified atom stereocenters. The third kappa shape index (κ3) is 4.04. The second-order valence-corrected chi connectivity index (χ2v) is 4.12. The topological polar surface area (TPSA) is 38.3 Å². The van der Waals surface area contributed by atoms with Crippen LogP contribution in [-0.4, -0.2) is 25.2 Å². The Balaban J connectivity index is 1.75. The first-order chi connectivity index (χ1) is 8.34. The summed E-state index contributed by atoms with van der Waals surface area (Å²) in [5, 5.41) is 2.84. The van der Waals surface area contributed by atoms with Crippen LogP contribution in [0, 0.1) is 0 Å². The minimum Gasteiger partial charge on any atom is -0.376 e. The van der Waals surface area contributed by atoms with Gasteiger partial charge in [0.25, 0.3) is 0 Å². The Morgan fingerprint density at radius 2 is 2.24 bits per heavy atom. The van der Waals surface area contributed by atoms with Crippen molar-refractivity contribution >= 4 is 12.0 Å². The Labute approximate surface area is 101 Å². The molecule has 1 heterocycles. The van der Waals surface area contributed by atoms with Crippen molar-refractivity contribution in [3.05, 3.63) is 42.0 Å². The molecule has 0 bridgehead atoms. The van der Waals surface area contributed by atoms with E-state index in [1.807, 2.05) is 36.4 Å². The van der Waals surface area contributed by atoms with Crippen LogP contribution in [0.1, 0.15) is 18.4 Å². The van der Waals surface area contributed by atoms with Gasteiger partial charge in [-0.05, 0) is 24.5 Å². The van der Waals surface area contributed by atoms with E-state index in [0.717, 1.165) is 25.0 Å². The van der Waals surface area contributed by atoms with E-state index in [1.165, 1.54) is 0 Å². The molecule has 1 aromatic carbocycles. The molecule has 1 N–H and O–H groups in total. The molecule has 0 aliphatic carbocycles. The summed E-state index contributed by atoms with van der Waals surface area (Å²) >= 11 is 0. The molecule has 17 heavy (non-hydrogen) atoms. The molecule has 2 rings (SSSR count). The Kier molecular flexibility index (Phi) is 4.33. The van der Waals surface area contributed by atoms with E-state index in [9.17, 15) is 4.79 Å². The largest absolute Gasteiger partial charge is 0.376 e. The van der Waals surface area contributed by atoms with E-state index < -0.39 is 0 Å². The fraction of sp³-hybridized carbons (Fsp3) is 0.357. The van der Waals surface area contributed by atoms with Gasteiger partial charge < -0.3 is 10.1 Å². The number of rotatable bonds is 4. The fourth-order valence-electron chi connectivity index (χ4n) is 1.81. The third-order valence-corrected chi connectivity index (χ3v) is 2.75. The quantitative estimate of drug-likeness (QED) is 0.805. The number of nitrogens with one attached hydrogen (secondary N) is 1. The van der Waals surface area contributed by atoms with E-state index >= 15 is 0 Å². The van der Waals surface area contributed by atoms with E-state index in [0.29, 0.717) is 6.54 Å². The van der Waals surface area contributed by atoms with Crippen LogP contribution < -0.4 is 5.32 Å². The lowest BCUT2D eigenvalue weighted by atomic mass is 10.2. The van der Waals surface area contributed by atoms with Gasteiger partial charge in [-0.15, -0.1) is 0 Å². The predicted octanol–water partition coefficient (Wildman–Crippen LogP) is 2.00. The van der Waals surface area contributed by atoms with Crippen molar-refractivity contribution in [2.24, 2.45) is 0 Å². The van der Waals surface area contributed by atoms with Gasteiger partial charge >= 0.3 is 0 Å². The summed E-state index contributed by atoms with van der Waals surface area (Å²) in [6, 6.07) is 9.77. The van der Waals surface area contributed by atoms with Crippen LogP contribution in [0.3, 0.4) is 0 Å². The molecule has 1 saturated heterocycles. The van der Waals surface area contributed by atoms with Crippen LogP contribution >= 0.6 is 0 Å². The number of carbonyl (C=O) groups excluding carboxylic acids is 1. The van der Waals surface area contributed by atoms with Crippen molar-refractivity contribution in [1.29, 1.82) is 0 Å². The zero-order valence-corrected chi connectivity index (χ0v) is 9.76. The van der Waals surface area contributed by atoms with Gasteiger partial charge in [0.05, 0.1) is 6.10 Å². The molecular weight excluding hydrogens is 214 g/mol. The van der Waals surface area contributed by atoms with Crippen LogP contribution in [0.25, 0.3) is 6.08 Å². The summed E-state index contributed by atoms with van der Waals surface area (Å²) < 4.78 is 5.43. The van der Waals surface area contributed by atoms with Crippen molar-refractivity contribution < 1.29 is 9.53 Å². The lowest BCUT2D eigenvalue weighted by molar-refractivity contribution is -0.116. The molecule has 1 amide bonds. The lowest BCUT2D eigenvalue weighted by Gasteiger charge is -2.08. The third-order valence-electron chi connectivity index (χ3n) is 2.75. The first-order valence-corrected chi connectivity index (χ1v) is 5.97. The van der Waals surface area contributed by atoms with Crippen molar-refractivity contribution in [1.82, 2.24) is 5.32 Å². The van der Waals surface area contributed by atoms with Gasteiger partial charge in [-0.25, -0.2) is 0 Å². The normalized spacial score (nSPS) is 19.6. The van der Waals surface area contributed by atoms with E-state index in [1.54, 1.807) is 6.08 Å². The lowest BCUT2D eigenvalue weighted by Crippen LogP contribution is -2.30. The Morgan fingerprint density at radius 1 is 1.41 bits per heavy atom. The molecule has 0 radical (unpaired) electrons. The number of carbonyl (C=O) groups is 1. The van der Waals surface area contributed by atoms with Crippen molar-refractivity contribution in [2.45, 2.75) is 18.9 Å². The Morgan fingerprint density at radius 3 is 2.94 bits per heavy atom. The maximum Gasteiger partial charge on any atom is 0.244 e. The zero-order chi connectivity index (χ0) is 11.9. The summed E-state index contributed by atoms with van der Waals surface area (Å²) in [6.07, 6.45) is 5.71. The van der Waals surface area contributed by atoms with Crippen molar-refractivity contribution in [3.63, 3.8) is 0 Å². The number of amides is 1. The number of benzene rings is 1. The highest BCUT2D eigenvalue weighted by molar-refractivity contribution is 5.91. The Bertz CT molecular complexity index is 380. The van der Waals surface area contributed by atoms with Crippen LogP contribution in [0.2, 0.25) is 0 Å². The summed E-state index contributed by atoms with van der Waals surface area (Å²) in [6.45, 7) is 1.43. The average molecular weight is 231 g/mol. The molecule has 0 spiro atoms. The van der Waals surface area contributed by atoms with Gasteiger partial charge in [-0.2, -0.15) is 0 Å². The molecule has 1 aliphatic heterocycles. The Hall–Kier alpha value is -1.61. The number of hydrogen-bond acceptors (Lipinski definition) is 2. The highest BCUT2D eigenvalue weighted by Crippen LogP contribution is 2.10. The summed E-state index contributed by atoms with van der Waals surface area (Å²) in [5.41, 5.74) is 1.03. The van der Waals surface area contributed by atoms with Gasteiger partial charge in [-0.3, -0.25) is 4.79 Å². The smallest absolute Gasteiger partial charge is 0.244 e. The highest BCUT2D eigenvalue weighted by Gasteiger charge is 2.15. The number of ether oxygens (including phenoxy) is 1. The van der Waals surface area contributed by atoms with Gasteiger partial charge in [0.15, 0.2) is 0 Å². The molecule has 1 aromatic rings. The second kappa shape index (κ2) is 6.21. The highest BCUT2D eigenvalue weighted by atomic mass is 16.5. The van der Waals surface area contributed by atoms with E-state index in [-0.39, 0.29) is 12.0 Å². The summed E-state index contributed by atoms with van der Waals surface area (Å²) in [5.74, 6) is -0.0654. The van der Waals surface area contributed by atoms with Crippen LogP contribution in [0.5, 0.6) is 0 Å². The van der Waals surface area contributed by atoms with E-state index in [4.69, 9.17) is 4.74 Å². The fourth-order valence-corrected chi connectivity index (χ4v) is 1.81. The van der Waals surface area contributed by atoms with Crippen molar-refractivity contribution in [2.75, 3.05) is 13.2 Å². The minimum absolute atomic E-state index is 0.0654. The van der Waals surface area contributed by atoms with Gasteiger partial charge in [0, 0.05) is 19.2 Å².